The van der Waals surface area contributed by atoms with Crippen molar-refractivity contribution in [3.05, 3.63) is 82.9 Å². The van der Waals surface area contributed by atoms with Gasteiger partial charge in [0.15, 0.2) is 6.10 Å². The van der Waals surface area contributed by atoms with E-state index in [0.717, 1.165) is 11.1 Å². The van der Waals surface area contributed by atoms with Crippen LogP contribution >= 0.6 is 11.6 Å². The van der Waals surface area contributed by atoms with E-state index in [0.29, 0.717) is 22.1 Å². The summed E-state index contributed by atoms with van der Waals surface area (Å²) in [5.41, 5.74) is 2.88. The number of rotatable bonds is 7. The minimum atomic E-state index is -3.79. The van der Waals surface area contributed by atoms with E-state index in [2.05, 4.69) is 10.0 Å². The van der Waals surface area contributed by atoms with Gasteiger partial charge in [0.2, 0.25) is 0 Å². The standard InChI is InChI=1S/C23H23ClN2O4S/c1-15-6-4-9-22(16(15)2)30-17(3)23(27)25-19-10-12-21(13-11-19)31(28,29)26-20-8-5-7-18(24)14-20/h4-14,17,26H,1-3H3,(H,25,27). The van der Waals surface area contributed by atoms with Gasteiger partial charge in [0, 0.05) is 10.7 Å². The molecule has 162 valence electrons. The van der Waals surface area contributed by atoms with Gasteiger partial charge in [-0.05, 0) is 80.4 Å². The van der Waals surface area contributed by atoms with Crippen molar-refractivity contribution in [3.8, 4) is 5.75 Å². The van der Waals surface area contributed by atoms with Gasteiger partial charge in [0.25, 0.3) is 15.9 Å². The Labute approximate surface area is 187 Å². The number of amides is 1. The van der Waals surface area contributed by atoms with Gasteiger partial charge in [-0.3, -0.25) is 9.52 Å². The molecule has 0 aliphatic carbocycles. The molecule has 0 bridgehead atoms. The van der Waals surface area contributed by atoms with Crippen molar-refractivity contribution in [1.82, 2.24) is 0 Å². The van der Waals surface area contributed by atoms with Crippen LogP contribution in [0, 0.1) is 13.8 Å². The maximum Gasteiger partial charge on any atom is 0.265 e. The predicted octanol–water partition coefficient (Wildman–Crippen LogP) is 5.16. The van der Waals surface area contributed by atoms with Crippen molar-refractivity contribution in [2.24, 2.45) is 0 Å². The lowest BCUT2D eigenvalue weighted by molar-refractivity contribution is -0.122. The van der Waals surface area contributed by atoms with Gasteiger partial charge < -0.3 is 10.1 Å². The summed E-state index contributed by atoms with van der Waals surface area (Å²) >= 11 is 5.90. The van der Waals surface area contributed by atoms with Crippen LogP contribution in [0.4, 0.5) is 11.4 Å². The van der Waals surface area contributed by atoms with Crippen LogP contribution in [0.15, 0.2) is 71.6 Å². The van der Waals surface area contributed by atoms with Gasteiger partial charge >= 0.3 is 0 Å². The van der Waals surface area contributed by atoms with Crippen molar-refractivity contribution in [1.29, 1.82) is 0 Å². The number of hydrogen-bond donors (Lipinski definition) is 2. The molecule has 0 radical (unpaired) electrons. The number of carbonyl (C=O) groups excluding carboxylic acids is 1. The first kappa shape index (κ1) is 22.7. The van der Waals surface area contributed by atoms with Crippen LogP contribution in [0.3, 0.4) is 0 Å². The first-order valence-corrected chi connectivity index (χ1v) is 11.4. The zero-order chi connectivity index (χ0) is 22.6. The minimum absolute atomic E-state index is 0.0603. The zero-order valence-corrected chi connectivity index (χ0v) is 18.9. The lowest BCUT2D eigenvalue weighted by Crippen LogP contribution is -2.30. The number of benzene rings is 3. The number of nitrogens with one attached hydrogen (secondary N) is 2. The Kier molecular flexibility index (Phi) is 6.87. The summed E-state index contributed by atoms with van der Waals surface area (Å²) < 4.78 is 33.4. The summed E-state index contributed by atoms with van der Waals surface area (Å²) in [4.78, 5) is 12.5. The molecule has 0 heterocycles. The Hall–Kier alpha value is -3.03. The fraction of sp³-hybridized carbons (Fsp3) is 0.174. The Morgan fingerprint density at radius 2 is 1.65 bits per heavy atom. The van der Waals surface area contributed by atoms with Crippen molar-refractivity contribution < 1.29 is 17.9 Å². The molecule has 0 saturated carbocycles. The highest BCUT2D eigenvalue weighted by molar-refractivity contribution is 7.92. The van der Waals surface area contributed by atoms with Crippen LogP contribution in [0.5, 0.6) is 5.75 Å². The number of hydrogen-bond acceptors (Lipinski definition) is 4. The molecular weight excluding hydrogens is 436 g/mol. The number of anilines is 2. The third kappa shape index (κ3) is 5.77. The van der Waals surface area contributed by atoms with Crippen molar-refractivity contribution in [2.75, 3.05) is 10.0 Å². The van der Waals surface area contributed by atoms with E-state index in [1.54, 1.807) is 25.1 Å². The number of sulfonamides is 1. The number of aryl methyl sites for hydroxylation is 1. The summed E-state index contributed by atoms with van der Waals surface area (Å²) in [6.07, 6.45) is -0.728. The van der Waals surface area contributed by atoms with E-state index >= 15 is 0 Å². The van der Waals surface area contributed by atoms with Crippen molar-refractivity contribution >= 4 is 38.9 Å². The Balaban J connectivity index is 1.65. The number of ether oxygens (including phenoxy) is 1. The highest BCUT2D eigenvalue weighted by Gasteiger charge is 2.18. The Bertz CT molecular complexity index is 1190. The maximum absolute atomic E-state index is 12.6. The largest absolute Gasteiger partial charge is 0.481 e. The molecule has 8 heteroatoms. The molecule has 2 N–H and O–H groups in total. The highest BCUT2D eigenvalue weighted by Crippen LogP contribution is 2.23. The third-order valence-corrected chi connectivity index (χ3v) is 6.37. The van der Waals surface area contributed by atoms with E-state index in [9.17, 15) is 13.2 Å². The van der Waals surface area contributed by atoms with Crippen molar-refractivity contribution in [3.63, 3.8) is 0 Å². The fourth-order valence-corrected chi connectivity index (χ4v) is 4.06. The summed E-state index contributed by atoms with van der Waals surface area (Å²) in [6.45, 7) is 5.57. The molecule has 1 atom stereocenters. The topological polar surface area (TPSA) is 84.5 Å². The molecule has 0 spiro atoms. The minimum Gasteiger partial charge on any atom is -0.481 e. The number of halogens is 1. The summed E-state index contributed by atoms with van der Waals surface area (Å²) in [6, 6.07) is 18.0. The van der Waals surface area contributed by atoms with Crippen LogP contribution in [-0.2, 0) is 14.8 Å². The number of carbonyl (C=O) groups is 1. The molecule has 0 saturated heterocycles. The van der Waals surface area contributed by atoms with Crippen LogP contribution in [0.1, 0.15) is 18.1 Å². The molecule has 0 aromatic heterocycles. The summed E-state index contributed by atoms with van der Waals surface area (Å²) in [5.74, 6) is 0.310. The molecule has 31 heavy (non-hydrogen) atoms. The van der Waals surface area contributed by atoms with Crippen LogP contribution in [0.25, 0.3) is 0 Å². The normalized spacial score (nSPS) is 12.1. The van der Waals surface area contributed by atoms with Gasteiger partial charge in [-0.2, -0.15) is 0 Å². The molecule has 3 aromatic carbocycles. The fourth-order valence-electron chi connectivity index (χ4n) is 2.82. The second kappa shape index (κ2) is 9.41. The van der Waals surface area contributed by atoms with Gasteiger partial charge in [-0.1, -0.05) is 29.8 Å². The van der Waals surface area contributed by atoms with Crippen LogP contribution in [-0.4, -0.2) is 20.4 Å². The first-order valence-electron chi connectivity index (χ1n) is 9.58. The van der Waals surface area contributed by atoms with E-state index in [1.807, 2.05) is 32.0 Å². The Morgan fingerprint density at radius 3 is 2.32 bits per heavy atom. The smallest absolute Gasteiger partial charge is 0.265 e. The summed E-state index contributed by atoms with van der Waals surface area (Å²) in [7, 11) is -3.79. The highest BCUT2D eigenvalue weighted by atomic mass is 35.5. The second-order valence-corrected chi connectivity index (χ2v) is 9.21. The van der Waals surface area contributed by atoms with E-state index in [1.165, 1.54) is 30.3 Å². The van der Waals surface area contributed by atoms with Gasteiger partial charge in [-0.25, -0.2) is 8.42 Å². The third-order valence-electron chi connectivity index (χ3n) is 4.74. The molecule has 6 nitrogen and oxygen atoms in total. The van der Waals surface area contributed by atoms with Gasteiger partial charge in [-0.15, -0.1) is 0 Å². The molecule has 1 unspecified atom stereocenters. The van der Waals surface area contributed by atoms with E-state index in [4.69, 9.17) is 16.3 Å². The average molecular weight is 459 g/mol. The van der Waals surface area contributed by atoms with Crippen molar-refractivity contribution in [2.45, 2.75) is 31.8 Å². The molecule has 0 aliphatic heterocycles. The molecule has 0 fully saturated rings. The zero-order valence-electron chi connectivity index (χ0n) is 17.3. The monoisotopic (exact) mass is 458 g/mol. The maximum atomic E-state index is 12.6. The molecule has 0 aliphatic rings. The van der Waals surface area contributed by atoms with Crippen LogP contribution < -0.4 is 14.8 Å². The predicted molar refractivity (Wildman–Crippen MR) is 123 cm³/mol. The first-order chi connectivity index (χ1) is 14.7. The molecule has 3 aromatic rings. The SMILES string of the molecule is Cc1cccc(OC(C)C(=O)Nc2ccc(S(=O)(=O)Nc3cccc(Cl)c3)cc2)c1C. The lowest BCUT2D eigenvalue weighted by atomic mass is 10.1. The molecular formula is C23H23ClN2O4S. The Morgan fingerprint density at radius 1 is 0.968 bits per heavy atom. The molecule has 1 amide bonds. The van der Waals surface area contributed by atoms with Gasteiger partial charge in [0.05, 0.1) is 10.6 Å². The van der Waals surface area contributed by atoms with E-state index < -0.39 is 16.1 Å². The lowest BCUT2D eigenvalue weighted by Gasteiger charge is -2.17. The van der Waals surface area contributed by atoms with Gasteiger partial charge in [0.1, 0.15) is 5.75 Å². The average Bonchev–Trinajstić information content (AvgIpc) is 2.71. The summed E-state index contributed by atoms with van der Waals surface area (Å²) in [5, 5.41) is 3.16. The quantitative estimate of drug-likeness (QED) is 0.512. The molecule has 3 rings (SSSR count). The van der Waals surface area contributed by atoms with E-state index in [-0.39, 0.29) is 10.8 Å². The second-order valence-electron chi connectivity index (χ2n) is 7.09. The van der Waals surface area contributed by atoms with Crippen LogP contribution in [0.2, 0.25) is 5.02 Å².